The van der Waals surface area contributed by atoms with Crippen LogP contribution in [0, 0.1) is 0 Å². The molecular weight excluding hydrogens is 210 g/mol. The summed E-state index contributed by atoms with van der Waals surface area (Å²) in [6.45, 7) is 3.86. The number of benzene rings is 1. The maximum absolute atomic E-state index is 12.1. The van der Waals surface area contributed by atoms with Gasteiger partial charge in [0.05, 0.1) is 5.54 Å². The molecule has 3 heteroatoms. The van der Waals surface area contributed by atoms with Crippen molar-refractivity contribution in [3.63, 3.8) is 0 Å². The molecule has 0 fully saturated rings. The Hall–Kier alpha value is -0.860. The number of Topliss-reactive ketones (excluding diaryl/α,β-unsaturated/α-hetero) is 1. The number of carbonyl (C=O) groups excluding carboxylic acids is 1. The zero-order valence-electron chi connectivity index (χ0n) is 9.09. The normalized spacial score (nSPS) is 11.5. The highest BCUT2D eigenvalue weighted by Gasteiger charge is 2.30. The Morgan fingerprint density at radius 1 is 1.27 bits per heavy atom. The molecule has 1 rings (SSSR count). The summed E-state index contributed by atoms with van der Waals surface area (Å²) in [6, 6.07) is 6.86. The van der Waals surface area contributed by atoms with Crippen LogP contribution in [0.25, 0.3) is 0 Å². The van der Waals surface area contributed by atoms with Gasteiger partial charge >= 0.3 is 0 Å². The minimum atomic E-state index is -0.742. The lowest BCUT2D eigenvalue weighted by molar-refractivity contribution is 0.0879. The van der Waals surface area contributed by atoms with Crippen molar-refractivity contribution in [2.45, 2.75) is 32.2 Å². The van der Waals surface area contributed by atoms with Gasteiger partial charge in [0.15, 0.2) is 5.78 Å². The summed E-state index contributed by atoms with van der Waals surface area (Å²) in [6.07, 6.45) is 1.29. The molecule has 0 saturated heterocycles. The molecule has 82 valence electrons. The molecular formula is C12H16ClNO. The third kappa shape index (κ3) is 2.58. The molecule has 0 aliphatic heterocycles. The lowest BCUT2D eigenvalue weighted by Gasteiger charge is -2.24. The topological polar surface area (TPSA) is 43.1 Å². The molecule has 0 amide bonds. The Morgan fingerprint density at radius 3 is 2.13 bits per heavy atom. The lowest BCUT2D eigenvalue weighted by Crippen LogP contribution is -2.46. The maximum atomic E-state index is 12.1. The smallest absolute Gasteiger partial charge is 0.182 e. The predicted octanol–water partition coefficient (Wildman–Crippen LogP) is 3.04. The second-order valence-electron chi connectivity index (χ2n) is 3.70. The minimum absolute atomic E-state index is 0.0100. The van der Waals surface area contributed by atoms with Crippen molar-refractivity contribution >= 4 is 17.4 Å². The van der Waals surface area contributed by atoms with E-state index < -0.39 is 5.54 Å². The highest BCUT2D eigenvalue weighted by Crippen LogP contribution is 2.19. The van der Waals surface area contributed by atoms with E-state index in [1.54, 1.807) is 24.3 Å². The van der Waals surface area contributed by atoms with E-state index in [1.165, 1.54) is 0 Å². The summed E-state index contributed by atoms with van der Waals surface area (Å²) >= 11 is 5.76. The third-order valence-corrected chi connectivity index (χ3v) is 3.07. The minimum Gasteiger partial charge on any atom is -0.319 e. The van der Waals surface area contributed by atoms with Gasteiger partial charge in [-0.25, -0.2) is 0 Å². The molecule has 0 atom stereocenters. The van der Waals surface area contributed by atoms with Crippen LogP contribution in [-0.2, 0) is 0 Å². The van der Waals surface area contributed by atoms with Crippen LogP contribution in [-0.4, -0.2) is 11.3 Å². The van der Waals surface area contributed by atoms with E-state index >= 15 is 0 Å². The molecule has 0 aliphatic rings. The van der Waals surface area contributed by atoms with Crippen LogP contribution in [0.2, 0.25) is 5.02 Å². The number of halogens is 1. The van der Waals surface area contributed by atoms with Crippen molar-refractivity contribution in [2.75, 3.05) is 0 Å². The van der Waals surface area contributed by atoms with Crippen molar-refractivity contribution in [1.29, 1.82) is 0 Å². The highest BCUT2D eigenvalue weighted by atomic mass is 35.5. The van der Waals surface area contributed by atoms with E-state index in [0.29, 0.717) is 23.4 Å². The van der Waals surface area contributed by atoms with Gasteiger partial charge < -0.3 is 5.73 Å². The second kappa shape index (κ2) is 4.77. The zero-order valence-corrected chi connectivity index (χ0v) is 9.84. The summed E-state index contributed by atoms with van der Waals surface area (Å²) in [5.74, 6) is -0.0100. The van der Waals surface area contributed by atoms with Crippen molar-refractivity contribution in [1.82, 2.24) is 0 Å². The van der Waals surface area contributed by atoms with Gasteiger partial charge in [-0.1, -0.05) is 25.4 Å². The second-order valence-corrected chi connectivity index (χ2v) is 4.14. The Balaban J connectivity index is 2.98. The first-order valence-electron chi connectivity index (χ1n) is 5.12. The molecule has 1 aromatic carbocycles. The summed E-state index contributed by atoms with van der Waals surface area (Å²) < 4.78 is 0. The number of nitrogens with two attached hydrogens (primary N) is 1. The molecule has 0 radical (unpaired) electrons. The van der Waals surface area contributed by atoms with Crippen LogP contribution >= 0.6 is 11.6 Å². The largest absolute Gasteiger partial charge is 0.319 e. The molecule has 0 unspecified atom stereocenters. The van der Waals surface area contributed by atoms with Gasteiger partial charge in [-0.2, -0.15) is 0 Å². The van der Waals surface area contributed by atoms with Crippen molar-refractivity contribution in [2.24, 2.45) is 5.73 Å². The lowest BCUT2D eigenvalue weighted by atomic mass is 9.85. The van der Waals surface area contributed by atoms with Crippen molar-refractivity contribution < 1.29 is 4.79 Å². The van der Waals surface area contributed by atoms with Crippen LogP contribution in [0.4, 0.5) is 0 Å². The van der Waals surface area contributed by atoms with Crippen LogP contribution in [0.1, 0.15) is 37.0 Å². The van der Waals surface area contributed by atoms with E-state index in [4.69, 9.17) is 17.3 Å². The fourth-order valence-corrected chi connectivity index (χ4v) is 1.59. The van der Waals surface area contributed by atoms with Crippen molar-refractivity contribution in [3.05, 3.63) is 34.9 Å². The third-order valence-electron chi connectivity index (χ3n) is 2.82. The summed E-state index contributed by atoms with van der Waals surface area (Å²) in [4.78, 5) is 12.1. The highest BCUT2D eigenvalue weighted by molar-refractivity contribution is 6.30. The van der Waals surface area contributed by atoms with Crippen molar-refractivity contribution in [3.8, 4) is 0 Å². The molecule has 0 saturated carbocycles. The quantitative estimate of drug-likeness (QED) is 0.801. The van der Waals surface area contributed by atoms with E-state index in [9.17, 15) is 4.79 Å². The SMILES string of the molecule is CCC(N)(CC)C(=O)c1ccc(Cl)cc1. The number of hydrogen-bond donors (Lipinski definition) is 1. The fourth-order valence-electron chi connectivity index (χ4n) is 1.46. The van der Waals surface area contributed by atoms with Crippen LogP contribution in [0.5, 0.6) is 0 Å². The monoisotopic (exact) mass is 225 g/mol. The standard InChI is InChI=1S/C12H16ClNO/c1-3-12(14,4-2)11(15)9-5-7-10(13)8-6-9/h5-8H,3-4,14H2,1-2H3. The molecule has 15 heavy (non-hydrogen) atoms. The Morgan fingerprint density at radius 2 is 1.73 bits per heavy atom. The van der Waals surface area contributed by atoms with Gasteiger partial charge in [0.2, 0.25) is 0 Å². The number of ketones is 1. The van der Waals surface area contributed by atoms with Gasteiger partial charge in [-0.3, -0.25) is 4.79 Å². The first-order chi connectivity index (χ1) is 7.03. The van der Waals surface area contributed by atoms with E-state index in [-0.39, 0.29) is 5.78 Å². The molecule has 0 aromatic heterocycles. The Bertz CT molecular complexity index is 341. The number of carbonyl (C=O) groups is 1. The zero-order chi connectivity index (χ0) is 11.5. The molecule has 2 nitrogen and oxygen atoms in total. The number of rotatable bonds is 4. The van der Waals surface area contributed by atoms with E-state index in [2.05, 4.69) is 0 Å². The average Bonchev–Trinajstić information content (AvgIpc) is 2.28. The van der Waals surface area contributed by atoms with Gasteiger partial charge in [-0.15, -0.1) is 0 Å². The molecule has 0 bridgehead atoms. The van der Waals surface area contributed by atoms with Crippen LogP contribution in [0.3, 0.4) is 0 Å². The van der Waals surface area contributed by atoms with E-state index in [0.717, 1.165) is 0 Å². The van der Waals surface area contributed by atoms with Gasteiger partial charge in [0.1, 0.15) is 0 Å². The molecule has 0 aliphatic carbocycles. The van der Waals surface area contributed by atoms with Gasteiger partial charge in [0.25, 0.3) is 0 Å². The van der Waals surface area contributed by atoms with Crippen LogP contribution < -0.4 is 5.73 Å². The Labute approximate surface area is 95.4 Å². The summed E-state index contributed by atoms with van der Waals surface area (Å²) in [5, 5.41) is 0.627. The van der Waals surface area contributed by atoms with Gasteiger partial charge in [0, 0.05) is 10.6 Å². The first kappa shape index (κ1) is 12.2. The van der Waals surface area contributed by atoms with E-state index in [1.807, 2.05) is 13.8 Å². The molecule has 1 aromatic rings. The molecule has 0 heterocycles. The fraction of sp³-hybridized carbons (Fsp3) is 0.417. The molecule has 2 N–H and O–H groups in total. The molecule has 0 spiro atoms. The van der Waals surface area contributed by atoms with Crippen LogP contribution in [0.15, 0.2) is 24.3 Å². The summed E-state index contributed by atoms with van der Waals surface area (Å²) in [5.41, 5.74) is 5.92. The Kier molecular flexibility index (Phi) is 3.89. The predicted molar refractivity (Wildman–Crippen MR) is 63.3 cm³/mol. The summed E-state index contributed by atoms with van der Waals surface area (Å²) in [7, 11) is 0. The maximum Gasteiger partial charge on any atom is 0.182 e. The van der Waals surface area contributed by atoms with Gasteiger partial charge in [-0.05, 0) is 37.1 Å². The number of hydrogen-bond acceptors (Lipinski definition) is 2. The first-order valence-corrected chi connectivity index (χ1v) is 5.50. The average molecular weight is 226 g/mol.